The number of aromatic nitrogens is 2. The first kappa shape index (κ1) is 16.2. The van der Waals surface area contributed by atoms with E-state index in [0.29, 0.717) is 12.2 Å². The number of hydrogen-bond donors (Lipinski definition) is 2. The number of carbonyl (C=O) groups is 1. The number of fused-ring (bicyclic) bond motifs is 1. The number of aryl methyl sites for hydroxylation is 2. The van der Waals surface area contributed by atoms with Crippen molar-refractivity contribution >= 4 is 16.8 Å². The van der Waals surface area contributed by atoms with Crippen LogP contribution in [0.3, 0.4) is 0 Å². The van der Waals surface area contributed by atoms with E-state index in [-0.39, 0.29) is 19.1 Å². The van der Waals surface area contributed by atoms with Crippen LogP contribution in [0.5, 0.6) is 0 Å². The summed E-state index contributed by atoms with van der Waals surface area (Å²) in [5.74, 6) is -0.124. The standard InChI is InChI=1S/C19H21N3O2/c1-13-5-6-17-16(14(13)2)10-18(21-17)19(24)22(8-9-23)12-15-4-3-7-20-11-15/h3-7,10-11,21,23H,8-9,12H2,1-2H3. The number of pyridine rings is 1. The highest BCUT2D eigenvalue weighted by atomic mass is 16.3. The van der Waals surface area contributed by atoms with E-state index in [9.17, 15) is 9.90 Å². The maximum Gasteiger partial charge on any atom is 0.270 e. The van der Waals surface area contributed by atoms with Crippen LogP contribution in [0.15, 0.2) is 42.7 Å². The second kappa shape index (κ2) is 6.84. The van der Waals surface area contributed by atoms with E-state index in [1.807, 2.05) is 30.3 Å². The normalized spacial score (nSPS) is 11.0. The predicted molar refractivity (Wildman–Crippen MR) is 93.8 cm³/mol. The second-order valence-corrected chi connectivity index (χ2v) is 5.96. The second-order valence-electron chi connectivity index (χ2n) is 5.96. The maximum absolute atomic E-state index is 12.9. The van der Waals surface area contributed by atoms with Crippen molar-refractivity contribution < 1.29 is 9.90 Å². The van der Waals surface area contributed by atoms with Gasteiger partial charge in [-0.2, -0.15) is 0 Å². The molecule has 2 heterocycles. The summed E-state index contributed by atoms with van der Waals surface area (Å²) in [5, 5.41) is 10.4. The van der Waals surface area contributed by atoms with E-state index in [2.05, 4.69) is 23.8 Å². The molecule has 0 aliphatic carbocycles. The van der Waals surface area contributed by atoms with E-state index in [1.54, 1.807) is 17.3 Å². The van der Waals surface area contributed by atoms with Crippen LogP contribution in [0, 0.1) is 13.8 Å². The molecule has 0 saturated carbocycles. The van der Waals surface area contributed by atoms with Crippen LogP contribution in [0.25, 0.3) is 10.9 Å². The van der Waals surface area contributed by atoms with Gasteiger partial charge in [-0.3, -0.25) is 9.78 Å². The zero-order valence-corrected chi connectivity index (χ0v) is 13.9. The van der Waals surface area contributed by atoms with Crippen molar-refractivity contribution in [3.05, 3.63) is 65.1 Å². The minimum absolute atomic E-state index is 0.0790. The molecule has 3 rings (SSSR count). The zero-order valence-electron chi connectivity index (χ0n) is 13.9. The number of aromatic amines is 1. The Morgan fingerprint density at radius 3 is 2.83 bits per heavy atom. The van der Waals surface area contributed by atoms with Gasteiger partial charge in [0.25, 0.3) is 5.91 Å². The number of nitrogens with zero attached hydrogens (tertiary/aromatic N) is 2. The highest BCUT2D eigenvalue weighted by Crippen LogP contribution is 2.23. The van der Waals surface area contributed by atoms with Crippen molar-refractivity contribution in [1.29, 1.82) is 0 Å². The average Bonchev–Trinajstić information content (AvgIpc) is 3.03. The molecular weight excluding hydrogens is 302 g/mol. The molecule has 2 N–H and O–H groups in total. The summed E-state index contributed by atoms with van der Waals surface area (Å²) in [6.45, 7) is 4.73. The Kier molecular flexibility index (Phi) is 4.62. The summed E-state index contributed by atoms with van der Waals surface area (Å²) in [7, 11) is 0. The van der Waals surface area contributed by atoms with Gasteiger partial charge in [-0.15, -0.1) is 0 Å². The molecule has 0 aliphatic heterocycles. The van der Waals surface area contributed by atoms with Gasteiger partial charge in [0.05, 0.1) is 6.61 Å². The van der Waals surface area contributed by atoms with E-state index >= 15 is 0 Å². The average molecular weight is 323 g/mol. The smallest absolute Gasteiger partial charge is 0.270 e. The fourth-order valence-corrected chi connectivity index (χ4v) is 2.83. The summed E-state index contributed by atoms with van der Waals surface area (Å²) in [5.41, 5.74) is 4.79. The van der Waals surface area contributed by atoms with Crippen LogP contribution in [-0.4, -0.2) is 39.0 Å². The zero-order chi connectivity index (χ0) is 17.1. The van der Waals surface area contributed by atoms with E-state index in [1.165, 1.54) is 11.1 Å². The lowest BCUT2D eigenvalue weighted by Gasteiger charge is -2.21. The Morgan fingerprint density at radius 2 is 2.12 bits per heavy atom. The molecular formula is C19H21N3O2. The van der Waals surface area contributed by atoms with E-state index in [4.69, 9.17) is 0 Å². The molecule has 0 bridgehead atoms. The SMILES string of the molecule is Cc1ccc2[nH]c(C(=O)N(CCO)Cc3cccnc3)cc2c1C. The van der Waals surface area contributed by atoms with Gasteiger partial charge in [-0.05, 0) is 48.7 Å². The number of rotatable bonds is 5. The van der Waals surface area contributed by atoms with Gasteiger partial charge >= 0.3 is 0 Å². The maximum atomic E-state index is 12.9. The Morgan fingerprint density at radius 1 is 1.29 bits per heavy atom. The van der Waals surface area contributed by atoms with Gasteiger partial charge in [0.15, 0.2) is 0 Å². The molecule has 124 valence electrons. The molecule has 24 heavy (non-hydrogen) atoms. The Labute approximate surface area is 141 Å². The summed E-state index contributed by atoms with van der Waals surface area (Å²) in [6, 6.07) is 9.69. The lowest BCUT2D eigenvalue weighted by molar-refractivity contribution is 0.0703. The topological polar surface area (TPSA) is 69.2 Å². The highest BCUT2D eigenvalue weighted by molar-refractivity contribution is 5.99. The number of nitrogens with one attached hydrogen (secondary N) is 1. The number of amides is 1. The molecule has 0 spiro atoms. The fourth-order valence-electron chi connectivity index (χ4n) is 2.83. The number of carbonyl (C=O) groups excluding carboxylic acids is 1. The summed E-state index contributed by atoms with van der Waals surface area (Å²) >= 11 is 0. The van der Waals surface area contributed by atoms with Crippen LogP contribution >= 0.6 is 0 Å². The molecule has 0 fully saturated rings. The molecule has 5 heteroatoms. The highest BCUT2D eigenvalue weighted by Gasteiger charge is 2.18. The van der Waals surface area contributed by atoms with Crippen LogP contribution < -0.4 is 0 Å². The minimum Gasteiger partial charge on any atom is -0.395 e. The molecule has 0 atom stereocenters. The molecule has 0 aliphatic rings. The molecule has 2 aromatic heterocycles. The number of benzene rings is 1. The van der Waals surface area contributed by atoms with Gasteiger partial charge in [-0.1, -0.05) is 12.1 Å². The summed E-state index contributed by atoms with van der Waals surface area (Å²) < 4.78 is 0. The van der Waals surface area contributed by atoms with Crippen molar-refractivity contribution in [2.75, 3.05) is 13.2 Å². The first-order valence-electron chi connectivity index (χ1n) is 7.98. The number of aliphatic hydroxyl groups excluding tert-OH is 1. The molecule has 1 amide bonds. The Hall–Kier alpha value is -2.66. The molecule has 3 aromatic rings. The van der Waals surface area contributed by atoms with E-state index < -0.39 is 0 Å². The lowest BCUT2D eigenvalue weighted by Crippen LogP contribution is -2.33. The molecule has 1 aromatic carbocycles. The molecule has 0 radical (unpaired) electrons. The Balaban J connectivity index is 1.91. The van der Waals surface area contributed by atoms with Gasteiger partial charge in [0.2, 0.25) is 0 Å². The fraction of sp³-hybridized carbons (Fsp3) is 0.263. The predicted octanol–water partition coefficient (Wildman–Crippen LogP) is 2.81. The first-order valence-corrected chi connectivity index (χ1v) is 7.98. The van der Waals surface area contributed by atoms with Gasteiger partial charge in [0, 0.05) is 36.4 Å². The van der Waals surface area contributed by atoms with Crippen LogP contribution in [0.2, 0.25) is 0 Å². The lowest BCUT2D eigenvalue weighted by atomic mass is 10.1. The van der Waals surface area contributed by atoms with Gasteiger partial charge in [0.1, 0.15) is 5.69 Å². The Bertz CT molecular complexity index is 856. The summed E-state index contributed by atoms with van der Waals surface area (Å²) in [6.07, 6.45) is 3.43. The van der Waals surface area contributed by atoms with Crippen molar-refractivity contribution in [2.45, 2.75) is 20.4 Å². The van der Waals surface area contributed by atoms with Gasteiger partial charge < -0.3 is 15.0 Å². The quantitative estimate of drug-likeness (QED) is 0.758. The monoisotopic (exact) mass is 323 g/mol. The third kappa shape index (κ3) is 3.16. The van der Waals surface area contributed by atoms with Gasteiger partial charge in [-0.25, -0.2) is 0 Å². The first-order chi connectivity index (χ1) is 11.6. The largest absolute Gasteiger partial charge is 0.395 e. The van der Waals surface area contributed by atoms with Crippen LogP contribution in [-0.2, 0) is 6.54 Å². The summed E-state index contributed by atoms with van der Waals surface area (Å²) in [4.78, 5) is 21.8. The molecule has 5 nitrogen and oxygen atoms in total. The third-order valence-corrected chi connectivity index (χ3v) is 4.33. The number of hydrogen-bond acceptors (Lipinski definition) is 3. The van der Waals surface area contributed by atoms with E-state index in [0.717, 1.165) is 16.5 Å². The number of aliphatic hydroxyl groups is 1. The van der Waals surface area contributed by atoms with Crippen molar-refractivity contribution in [2.24, 2.45) is 0 Å². The van der Waals surface area contributed by atoms with Crippen LogP contribution in [0.1, 0.15) is 27.2 Å². The molecule has 0 unspecified atom stereocenters. The van der Waals surface area contributed by atoms with Crippen LogP contribution in [0.4, 0.5) is 0 Å². The van der Waals surface area contributed by atoms with Crippen molar-refractivity contribution in [3.8, 4) is 0 Å². The van der Waals surface area contributed by atoms with Crippen molar-refractivity contribution in [3.63, 3.8) is 0 Å². The van der Waals surface area contributed by atoms with Crippen molar-refractivity contribution in [1.82, 2.24) is 14.9 Å². The molecule has 0 saturated heterocycles. The minimum atomic E-state index is -0.124. The number of H-pyrrole nitrogens is 1. The third-order valence-electron chi connectivity index (χ3n) is 4.33.